The monoisotopic (exact) mass is 170 g/mol. The minimum Gasteiger partial charge on any atom is -0.374 e. The zero-order valence-corrected chi connectivity index (χ0v) is 7.84. The number of rotatable bonds is 7. The third kappa shape index (κ3) is 4.50. The molecule has 0 heterocycles. The summed E-state index contributed by atoms with van der Waals surface area (Å²) >= 11 is 0. The normalized spacial score (nSPS) is 16.4. The molecule has 0 saturated heterocycles. The van der Waals surface area contributed by atoms with Crippen molar-refractivity contribution in [1.82, 2.24) is 0 Å². The lowest BCUT2D eigenvalue weighted by atomic mass is 10.2. The van der Waals surface area contributed by atoms with Crippen LogP contribution < -0.4 is 0 Å². The summed E-state index contributed by atoms with van der Waals surface area (Å²) in [5.74, 6) is 1.13. The topological polar surface area (TPSA) is 26.3 Å². The van der Waals surface area contributed by atoms with E-state index in [1.54, 1.807) is 0 Å². The molecular weight excluding hydrogens is 152 g/mol. The van der Waals surface area contributed by atoms with Gasteiger partial charge in [-0.3, -0.25) is 4.79 Å². The van der Waals surface area contributed by atoms with Gasteiger partial charge in [0.05, 0.1) is 0 Å². The lowest BCUT2D eigenvalue weighted by Crippen LogP contribution is -2.09. The van der Waals surface area contributed by atoms with E-state index in [0.717, 1.165) is 31.8 Å². The first-order chi connectivity index (χ1) is 5.83. The molecule has 1 aliphatic rings. The van der Waals surface area contributed by atoms with Gasteiger partial charge in [0.2, 0.25) is 0 Å². The van der Waals surface area contributed by atoms with Crippen molar-refractivity contribution >= 4 is 5.78 Å². The molecule has 70 valence electrons. The van der Waals surface area contributed by atoms with Crippen LogP contribution in [0.4, 0.5) is 0 Å². The minimum atomic E-state index is 0.273. The highest BCUT2D eigenvalue weighted by Gasteiger charge is 2.21. The number of carbonyl (C=O) groups excluding carboxylic acids is 1. The Morgan fingerprint density at radius 3 is 2.83 bits per heavy atom. The van der Waals surface area contributed by atoms with Crippen LogP contribution in [-0.2, 0) is 9.53 Å². The maximum absolute atomic E-state index is 11.1. The molecule has 0 aromatic heterocycles. The number of hydrogen-bond acceptors (Lipinski definition) is 2. The van der Waals surface area contributed by atoms with Crippen LogP contribution in [0.5, 0.6) is 0 Å². The fraction of sp³-hybridized carbons (Fsp3) is 0.900. The van der Waals surface area contributed by atoms with Crippen molar-refractivity contribution in [3.8, 4) is 0 Å². The van der Waals surface area contributed by atoms with Gasteiger partial charge in [-0.05, 0) is 18.8 Å². The molecule has 0 N–H and O–H groups in total. The van der Waals surface area contributed by atoms with Gasteiger partial charge in [-0.25, -0.2) is 0 Å². The van der Waals surface area contributed by atoms with Gasteiger partial charge in [-0.15, -0.1) is 0 Å². The molecule has 0 amide bonds. The van der Waals surface area contributed by atoms with Crippen LogP contribution in [0.15, 0.2) is 0 Å². The van der Waals surface area contributed by atoms with E-state index in [0.29, 0.717) is 6.61 Å². The Hall–Kier alpha value is -0.370. The average molecular weight is 170 g/mol. The number of Topliss-reactive ketones (excluding diaryl/α,β-unsaturated/α-hetero) is 1. The highest BCUT2D eigenvalue weighted by atomic mass is 16.5. The predicted molar refractivity (Wildman–Crippen MR) is 48.1 cm³/mol. The number of ether oxygens (including phenoxy) is 1. The van der Waals surface area contributed by atoms with Crippen LogP contribution in [0.25, 0.3) is 0 Å². The SMILES string of the molecule is CCCOCC(=O)CCC1CC1. The second-order valence-corrected chi connectivity index (χ2v) is 3.57. The van der Waals surface area contributed by atoms with Crippen molar-refractivity contribution in [1.29, 1.82) is 0 Å². The van der Waals surface area contributed by atoms with Crippen LogP contribution in [0.1, 0.15) is 39.0 Å². The van der Waals surface area contributed by atoms with E-state index in [1.165, 1.54) is 12.8 Å². The molecule has 0 spiro atoms. The van der Waals surface area contributed by atoms with Crippen LogP contribution in [0.3, 0.4) is 0 Å². The third-order valence-corrected chi connectivity index (χ3v) is 2.14. The first-order valence-corrected chi connectivity index (χ1v) is 4.92. The molecule has 0 aliphatic heterocycles. The molecular formula is C10H18O2. The molecule has 0 unspecified atom stereocenters. The Morgan fingerprint density at radius 2 is 2.25 bits per heavy atom. The quantitative estimate of drug-likeness (QED) is 0.547. The Kier molecular flexibility index (Phi) is 4.30. The van der Waals surface area contributed by atoms with Crippen molar-refractivity contribution in [3.63, 3.8) is 0 Å². The highest BCUT2D eigenvalue weighted by molar-refractivity contribution is 5.79. The molecule has 2 nitrogen and oxygen atoms in total. The second-order valence-electron chi connectivity index (χ2n) is 3.57. The fourth-order valence-electron chi connectivity index (χ4n) is 1.17. The maximum atomic E-state index is 11.1. The van der Waals surface area contributed by atoms with E-state index in [1.807, 2.05) is 0 Å². The summed E-state index contributed by atoms with van der Waals surface area (Å²) in [5.41, 5.74) is 0. The van der Waals surface area contributed by atoms with Gasteiger partial charge in [0.1, 0.15) is 6.61 Å². The summed E-state index contributed by atoms with van der Waals surface area (Å²) in [6.45, 7) is 3.10. The Bertz CT molecular complexity index is 139. The first kappa shape index (κ1) is 9.72. The van der Waals surface area contributed by atoms with E-state index in [-0.39, 0.29) is 5.78 Å². The minimum absolute atomic E-state index is 0.273. The summed E-state index contributed by atoms with van der Waals surface area (Å²) < 4.78 is 5.15. The molecule has 2 heteroatoms. The number of ketones is 1. The van der Waals surface area contributed by atoms with Crippen LogP contribution >= 0.6 is 0 Å². The van der Waals surface area contributed by atoms with Gasteiger partial charge in [0.25, 0.3) is 0 Å². The van der Waals surface area contributed by atoms with Gasteiger partial charge in [0.15, 0.2) is 5.78 Å². The summed E-state index contributed by atoms with van der Waals surface area (Å²) in [7, 11) is 0. The van der Waals surface area contributed by atoms with E-state index >= 15 is 0 Å². The van der Waals surface area contributed by atoms with Crippen LogP contribution in [0.2, 0.25) is 0 Å². The lowest BCUT2D eigenvalue weighted by Gasteiger charge is -2.00. The van der Waals surface area contributed by atoms with E-state index in [4.69, 9.17) is 4.74 Å². The Morgan fingerprint density at radius 1 is 1.50 bits per heavy atom. The van der Waals surface area contributed by atoms with Crippen LogP contribution in [-0.4, -0.2) is 19.0 Å². The summed E-state index contributed by atoms with van der Waals surface area (Å²) in [6.07, 6.45) is 5.49. The Labute approximate surface area is 74.3 Å². The smallest absolute Gasteiger partial charge is 0.158 e. The van der Waals surface area contributed by atoms with E-state index in [9.17, 15) is 4.79 Å². The molecule has 1 saturated carbocycles. The predicted octanol–water partition coefficient (Wildman–Crippen LogP) is 2.17. The van der Waals surface area contributed by atoms with E-state index < -0.39 is 0 Å². The maximum Gasteiger partial charge on any atom is 0.158 e. The van der Waals surface area contributed by atoms with Gasteiger partial charge >= 0.3 is 0 Å². The lowest BCUT2D eigenvalue weighted by molar-refractivity contribution is -0.123. The Balaban J connectivity index is 1.88. The highest BCUT2D eigenvalue weighted by Crippen LogP contribution is 2.33. The molecule has 0 radical (unpaired) electrons. The number of carbonyl (C=O) groups is 1. The molecule has 0 bridgehead atoms. The van der Waals surface area contributed by atoms with Crippen molar-refractivity contribution in [2.75, 3.05) is 13.2 Å². The van der Waals surface area contributed by atoms with E-state index in [2.05, 4.69) is 6.92 Å². The molecule has 0 aromatic rings. The summed E-state index contributed by atoms with van der Waals surface area (Å²) in [4.78, 5) is 11.1. The van der Waals surface area contributed by atoms with Gasteiger partial charge in [0, 0.05) is 13.0 Å². The third-order valence-electron chi connectivity index (χ3n) is 2.14. The summed E-state index contributed by atoms with van der Waals surface area (Å²) in [5, 5.41) is 0. The first-order valence-electron chi connectivity index (χ1n) is 4.92. The average Bonchev–Trinajstić information content (AvgIpc) is 2.84. The molecule has 1 aliphatic carbocycles. The van der Waals surface area contributed by atoms with Gasteiger partial charge < -0.3 is 4.74 Å². The summed E-state index contributed by atoms with van der Waals surface area (Å²) in [6, 6.07) is 0. The molecule has 1 fully saturated rings. The van der Waals surface area contributed by atoms with Crippen molar-refractivity contribution in [2.45, 2.75) is 39.0 Å². The van der Waals surface area contributed by atoms with Crippen molar-refractivity contribution in [3.05, 3.63) is 0 Å². The molecule has 0 atom stereocenters. The molecule has 0 aromatic carbocycles. The second kappa shape index (κ2) is 5.31. The standard InChI is InChI=1S/C10H18O2/c1-2-7-12-8-10(11)6-5-9-3-4-9/h9H,2-8H2,1H3. The zero-order chi connectivity index (χ0) is 8.81. The largest absolute Gasteiger partial charge is 0.374 e. The zero-order valence-electron chi connectivity index (χ0n) is 7.84. The molecule has 1 rings (SSSR count). The van der Waals surface area contributed by atoms with Crippen molar-refractivity contribution < 1.29 is 9.53 Å². The van der Waals surface area contributed by atoms with Crippen LogP contribution in [0, 0.1) is 5.92 Å². The van der Waals surface area contributed by atoms with Gasteiger partial charge in [-0.2, -0.15) is 0 Å². The number of hydrogen-bond donors (Lipinski definition) is 0. The fourth-order valence-corrected chi connectivity index (χ4v) is 1.17. The van der Waals surface area contributed by atoms with Crippen molar-refractivity contribution in [2.24, 2.45) is 5.92 Å². The molecule has 12 heavy (non-hydrogen) atoms. The van der Waals surface area contributed by atoms with Gasteiger partial charge in [-0.1, -0.05) is 19.8 Å².